The molecule has 2 heterocycles. The molecule has 1 atom stereocenters. The van der Waals surface area contributed by atoms with Gasteiger partial charge in [0.05, 0.1) is 10.4 Å². The molecule has 6 heteroatoms. The Kier molecular flexibility index (Phi) is 4.25. The number of nitrogens with zero attached hydrogens (tertiary/aromatic N) is 2. The second-order valence-corrected chi connectivity index (χ2v) is 8.77. The number of hydrogen-bond acceptors (Lipinski definition) is 4. The Bertz CT molecular complexity index is 1040. The number of likely N-dealkylation sites (tertiary alicyclic amines) is 1. The first-order chi connectivity index (χ1) is 12.5. The Morgan fingerprint density at radius 2 is 1.92 bits per heavy atom. The van der Waals surface area contributed by atoms with E-state index in [0.717, 1.165) is 36.8 Å². The molecule has 4 rings (SSSR count). The van der Waals surface area contributed by atoms with E-state index in [-0.39, 0.29) is 10.6 Å². The molecule has 0 amide bonds. The molecule has 0 unspecified atom stereocenters. The van der Waals surface area contributed by atoms with Crippen LogP contribution in [-0.4, -0.2) is 42.0 Å². The van der Waals surface area contributed by atoms with Crippen molar-refractivity contribution >= 4 is 20.9 Å². The van der Waals surface area contributed by atoms with Crippen LogP contribution in [-0.2, 0) is 16.4 Å². The van der Waals surface area contributed by atoms with Crippen LogP contribution in [0.4, 0.5) is 0 Å². The number of fused-ring (bicyclic) bond motifs is 1. The van der Waals surface area contributed by atoms with E-state index in [2.05, 4.69) is 11.9 Å². The summed E-state index contributed by atoms with van der Waals surface area (Å²) in [6.45, 7) is 1.07. The van der Waals surface area contributed by atoms with Gasteiger partial charge in [0.1, 0.15) is 5.75 Å². The summed E-state index contributed by atoms with van der Waals surface area (Å²) in [4.78, 5) is 2.58. The number of phenols is 1. The fraction of sp³-hybridized carbons (Fsp3) is 0.300. The molecule has 0 bridgehead atoms. The molecule has 0 saturated carbocycles. The first kappa shape index (κ1) is 17.1. The largest absolute Gasteiger partial charge is 0.508 e. The Hall–Kier alpha value is -2.31. The summed E-state index contributed by atoms with van der Waals surface area (Å²) < 4.78 is 27.6. The van der Waals surface area contributed by atoms with E-state index in [1.807, 2.05) is 0 Å². The van der Waals surface area contributed by atoms with Crippen molar-refractivity contribution in [3.8, 4) is 5.75 Å². The fourth-order valence-electron chi connectivity index (χ4n) is 3.81. The number of hydrogen-bond donors (Lipinski definition) is 1. The molecule has 0 spiro atoms. The molecular formula is C20H22N2O3S. The summed E-state index contributed by atoms with van der Waals surface area (Å²) in [5, 5.41) is 10.7. The summed E-state index contributed by atoms with van der Waals surface area (Å²) in [6.07, 6.45) is 4.76. The topological polar surface area (TPSA) is 62.5 Å². The van der Waals surface area contributed by atoms with Crippen molar-refractivity contribution in [3.05, 3.63) is 60.3 Å². The summed E-state index contributed by atoms with van der Waals surface area (Å²) in [6, 6.07) is 13.7. The lowest BCUT2D eigenvalue weighted by Gasteiger charge is -2.18. The van der Waals surface area contributed by atoms with Crippen LogP contribution in [0.1, 0.15) is 18.4 Å². The van der Waals surface area contributed by atoms with Gasteiger partial charge in [-0.05, 0) is 68.8 Å². The molecule has 1 saturated heterocycles. The van der Waals surface area contributed by atoms with Gasteiger partial charge >= 0.3 is 0 Å². The van der Waals surface area contributed by atoms with Crippen molar-refractivity contribution in [2.45, 2.75) is 30.2 Å². The lowest BCUT2D eigenvalue weighted by Crippen LogP contribution is -2.26. The van der Waals surface area contributed by atoms with Crippen LogP contribution in [0.5, 0.6) is 5.75 Å². The number of phenolic OH excluding ortho intramolecular Hbond substituents is 1. The standard InChI is InChI=1S/C20H22N2O3S/c1-21-11-5-6-16(21)12-15-14-22(20-10-9-17(23)13-19(15)20)26(24,25)18-7-3-2-4-8-18/h2-4,7-10,13-14,16,23H,5-6,11-12H2,1H3/t16-/m1/s1. The maximum Gasteiger partial charge on any atom is 0.268 e. The van der Waals surface area contributed by atoms with Crippen molar-refractivity contribution in [1.82, 2.24) is 8.87 Å². The van der Waals surface area contributed by atoms with Crippen LogP contribution in [0, 0.1) is 0 Å². The average Bonchev–Trinajstić information content (AvgIpc) is 3.20. The quantitative estimate of drug-likeness (QED) is 0.766. The summed E-state index contributed by atoms with van der Waals surface area (Å²) in [7, 11) is -1.58. The molecule has 1 N–H and O–H groups in total. The van der Waals surface area contributed by atoms with E-state index in [9.17, 15) is 13.5 Å². The third kappa shape index (κ3) is 2.89. The SMILES string of the molecule is CN1CCC[C@@H]1Cc1cn(S(=O)(=O)c2ccccc2)c2ccc(O)cc12. The molecule has 1 aliphatic heterocycles. The molecule has 3 aromatic rings. The van der Waals surface area contributed by atoms with E-state index in [1.54, 1.807) is 48.7 Å². The Balaban J connectivity index is 1.86. The third-order valence-electron chi connectivity index (χ3n) is 5.26. The number of aromatic nitrogens is 1. The highest BCUT2D eigenvalue weighted by Gasteiger charge is 2.25. The molecule has 1 aromatic heterocycles. The molecule has 2 aromatic carbocycles. The van der Waals surface area contributed by atoms with E-state index in [4.69, 9.17) is 0 Å². The van der Waals surface area contributed by atoms with Crippen LogP contribution in [0.25, 0.3) is 10.9 Å². The van der Waals surface area contributed by atoms with Crippen LogP contribution < -0.4 is 0 Å². The number of rotatable bonds is 4. The van der Waals surface area contributed by atoms with Gasteiger partial charge in [-0.3, -0.25) is 0 Å². The smallest absolute Gasteiger partial charge is 0.268 e. The van der Waals surface area contributed by atoms with Gasteiger partial charge < -0.3 is 10.0 Å². The van der Waals surface area contributed by atoms with E-state index < -0.39 is 10.0 Å². The average molecular weight is 370 g/mol. The fourth-order valence-corrected chi connectivity index (χ4v) is 5.22. The second kappa shape index (κ2) is 6.45. The van der Waals surface area contributed by atoms with Gasteiger partial charge in [-0.15, -0.1) is 0 Å². The molecular weight excluding hydrogens is 348 g/mol. The maximum absolute atomic E-state index is 13.1. The first-order valence-electron chi connectivity index (χ1n) is 8.80. The Morgan fingerprint density at radius 3 is 2.62 bits per heavy atom. The van der Waals surface area contributed by atoms with Gasteiger partial charge in [-0.1, -0.05) is 18.2 Å². The van der Waals surface area contributed by atoms with E-state index in [1.165, 1.54) is 10.0 Å². The third-order valence-corrected chi connectivity index (χ3v) is 6.95. The molecule has 0 radical (unpaired) electrons. The minimum absolute atomic E-state index is 0.147. The minimum atomic E-state index is -3.68. The monoisotopic (exact) mass is 370 g/mol. The van der Waals surface area contributed by atoms with Gasteiger partial charge in [0.2, 0.25) is 0 Å². The molecule has 1 fully saturated rings. The predicted octanol–water partition coefficient (Wildman–Crippen LogP) is 3.22. The normalized spacial score (nSPS) is 18.6. The molecule has 136 valence electrons. The van der Waals surface area contributed by atoms with Crippen molar-refractivity contribution in [2.75, 3.05) is 13.6 Å². The molecule has 26 heavy (non-hydrogen) atoms. The Labute approximate surface area is 153 Å². The van der Waals surface area contributed by atoms with Gasteiger partial charge in [0.15, 0.2) is 0 Å². The molecule has 0 aliphatic carbocycles. The van der Waals surface area contributed by atoms with Gasteiger partial charge in [-0.25, -0.2) is 12.4 Å². The summed E-state index contributed by atoms with van der Waals surface area (Å²) in [5.41, 5.74) is 1.55. The van der Waals surface area contributed by atoms with Crippen LogP contribution >= 0.6 is 0 Å². The number of aromatic hydroxyl groups is 1. The van der Waals surface area contributed by atoms with Gasteiger partial charge in [-0.2, -0.15) is 0 Å². The van der Waals surface area contributed by atoms with Crippen molar-refractivity contribution in [1.29, 1.82) is 0 Å². The van der Waals surface area contributed by atoms with Crippen LogP contribution in [0.2, 0.25) is 0 Å². The summed E-state index contributed by atoms with van der Waals surface area (Å²) >= 11 is 0. The zero-order valence-electron chi connectivity index (χ0n) is 14.7. The lowest BCUT2D eigenvalue weighted by atomic mass is 10.0. The van der Waals surface area contributed by atoms with Gasteiger partial charge in [0.25, 0.3) is 10.0 Å². The first-order valence-corrected chi connectivity index (χ1v) is 10.2. The van der Waals surface area contributed by atoms with E-state index in [0.29, 0.717) is 11.6 Å². The molecule has 1 aliphatic rings. The van der Waals surface area contributed by atoms with Gasteiger partial charge in [0, 0.05) is 17.6 Å². The molecule has 5 nitrogen and oxygen atoms in total. The number of likely N-dealkylation sites (N-methyl/N-ethyl adjacent to an activating group) is 1. The van der Waals surface area contributed by atoms with Crippen molar-refractivity contribution in [3.63, 3.8) is 0 Å². The highest BCUT2D eigenvalue weighted by molar-refractivity contribution is 7.90. The van der Waals surface area contributed by atoms with E-state index >= 15 is 0 Å². The zero-order chi connectivity index (χ0) is 18.3. The lowest BCUT2D eigenvalue weighted by molar-refractivity contribution is 0.310. The highest BCUT2D eigenvalue weighted by atomic mass is 32.2. The van der Waals surface area contributed by atoms with Crippen LogP contribution in [0.3, 0.4) is 0 Å². The van der Waals surface area contributed by atoms with Crippen LogP contribution in [0.15, 0.2) is 59.6 Å². The van der Waals surface area contributed by atoms with Crippen molar-refractivity contribution in [2.24, 2.45) is 0 Å². The van der Waals surface area contributed by atoms with Crippen molar-refractivity contribution < 1.29 is 13.5 Å². The minimum Gasteiger partial charge on any atom is -0.508 e. The Morgan fingerprint density at radius 1 is 1.15 bits per heavy atom. The summed E-state index contributed by atoms with van der Waals surface area (Å²) in [5.74, 6) is 0.147. The highest BCUT2D eigenvalue weighted by Crippen LogP contribution is 2.31. The second-order valence-electron chi connectivity index (χ2n) is 6.95. The zero-order valence-corrected chi connectivity index (χ0v) is 15.5. The predicted molar refractivity (Wildman–Crippen MR) is 102 cm³/mol. The maximum atomic E-state index is 13.1. The number of benzene rings is 2.